The molecular formula is C27H23Cl3N4O3. The van der Waals surface area contributed by atoms with E-state index in [2.05, 4.69) is 19.9 Å². The lowest BCUT2D eigenvalue weighted by Crippen LogP contribution is -2.05. The van der Waals surface area contributed by atoms with E-state index in [1.54, 1.807) is 32.4 Å². The monoisotopic (exact) mass is 556 g/mol. The summed E-state index contributed by atoms with van der Waals surface area (Å²) in [7, 11) is 3.21. The summed E-state index contributed by atoms with van der Waals surface area (Å²) < 4.78 is 15.9. The normalized spacial score (nSPS) is 10.8. The van der Waals surface area contributed by atoms with Gasteiger partial charge in [-0.1, -0.05) is 34.8 Å². The Labute approximate surface area is 229 Å². The minimum atomic E-state index is 0.136. The highest BCUT2D eigenvalue weighted by Gasteiger charge is 2.11. The molecule has 0 spiro atoms. The fourth-order valence-electron chi connectivity index (χ4n) is 3.40. The molecule has 0 fully saturated rings. The third kappa shape index (κ3) is 6.49. The van der Waals surface area contributed by atoms with Gasteiger partial charge in [0.2, 0.25) is 0 Å². The molecule has 190 valence electrons. The second kappa shape index (κ2) is 11.8. The number of fused-ring (bicyclic) bond motifs is 2. The van der Waals surface area contributed by atoms with Gasteiger partial charge >= 0.3 is 0 Å². The molecule has 0 bridgehead atoms. The second-order valence-electron chi connectivity index (χ2n) is 8.07. The standard InChI is InChI=1S/C18H17ClN2O2.C9H6Cl2N2O/c1-11(2)23-13-6-4-12(5-7-13)17-18(19)21-15-9-8-14(22-3)10-16(15)20-17;1-14-5-2-3-6-7(4-5)13-9(11)8(10)12-6/h4-11H,1-3H3;2-4H,1H3. The molecule has 0 saturated carbocycles. The summed E-state index contributed by atoms with van der Waals surface area (Å²) in [4.78, 5) is 17.2. The van der Waals surface area contributed by atoms with E-state index in [0.717, 1.165) is 28.1 Å². The lowest BCUT2D eigenvalue weighted by molar-refractivity contribution is 0.242. The number of benzene rings is 3. The zero-order valence-corrected chi connectivity index (χ0v) is 22.8. The van der Waals surface area contributed by atoms with Crippen molar-refractivity contribution >= 4 is 56.9 Å². The number of halogens is 3. The van der Waals surface area contributed by atoms with E-state index in [0.29, 0.717) is 27.6 Å². The molecule has 0 unspecified atom stereocenters. The minimum absolute atomic E-state index is 0.136. The van der Waals surface area contributed by atoms with Crippen molar-refractivity contribution in [2.75, 3.05) is 14.2 Å². The molecule has 0 atom stereocenters. The Bertz CT molecular complexity index is 1550. The first kappa shape index (κ1) is 26.7. The van der Waals surface area contributed by atoms with E-state index in [1.165, 1.54) is 0 Å². The highest BCUT2D eigenvalue weighted by molar-refractivity contribution is 6.40. The number of ether oxygens (including phenoxy) is 3. The largest absolute Gasteiger partial charge is 0.497 e. The van der Waals surface area contributed by atoms with E-state index in [9.17, 15) is 0 Å². The molecule has 0 saturated heterocycles. The van der Waals surface area contributed by atoms with Crippen LogP contribution in [0.4, 0.5) is 0 Å². The molecular weight excluding hydrogens is 535 g/mol. The van der Waals surface area contributed by atoms with Crippen LogP contribution in [-0.4, -0.2) is 40.3 Å². The van der Waals surface area contributed by atoms with Gasteiger partial charge < -0.3 is 14.2 Å². The van der Waals surface area contributed by atoms with Gasteiger partial charge in [0.05, 0.1) is 42.4 Å². The van der Waals surface area contributed by atoms with E-state index < -0.39 is 0 Å². The van der Waals surface area contributed by atoms with Crippen molar-refractivity contribution in [3.8, 4) is 28.5 Å². The molecule has 3 aromatic carbocycles. The predicted octanol–water partition coefficient (Wildman–Crippen LogP) is 7.69. The number of rotatable bonds is 5. The smallest absolute Gasteiger partial charge is 0.167 e. The van der Waals surface area contributed by atoms with Gasteiger partial charge in [0.25, 0.3) is 0 Å². The number of aromatic nitrogens is 4. The van der Waals surface area contributed by atoms with E-state index in [1.807, 2.05) is 56.3 Å². The quantitative estimate of drug-likeness (QED) is 0.219. The average Bonchev–Trinajstić information content (AvgIpc) is 2.89. The Morgan fingerprint density at radius 1 is 0.568 bits per heavy atom. The summed E-state index contributed by atoms with van der Waals surface area (Å²) in [6, 6.07) is 18.5. The molecule has 5 rings (SSSR count). The summed E-state index contributed by atoms with van der Waals surface area (Å²) >= 11 is 17.8. The van der Waals surface area contributed by atoms with Crippen LogP contribution in [0.2, 0.25) is 15.5 Å². The first-order valence-corrected chi connectivity index (χ1v) is 12.4. The van der Waals surface area contributed by atoms with Crippen molar-refractivity contribution in [1.82, 2.24) is 19.9 Å². The topological polar surface area (TPSA) is 79.2 Å². The third-order valence-corrected chi connectivity index (χ3v) is 6.01. The first-order chi connectivity index (χ1) is 17.8. The van der Waals surface area contributed by atoms with Crippen LogP contribution >= 0.6 is 34.8 Å². The Morgan fingerprint density at radius 2 is 1.03 bits per heavy atom. The van der Waals surface area contributed by atoms with Crippen LogP contribution in [0.25, 0.3) is 33.3 Å². The molecule has 0 amide bonds. The molecule has 0 N–H and O–H groups in total. The molecule has 2 aromatic heterocycles. The summed E-state index contributed by atoms with van der Waals surface area (Å²) in [5.41, 5.74) is 4.37. The zero-order chi connectivity index (χ0) is 26.5. The van der Waals surface area contributed by atoms with Crippen molar-refractivity contribution < 1.29 is 14.2 Å². The van der Waals surface area contributed by atoms with Gasteiger partial charge in [-0.3, -0.25) is 0 Å². The maximum absolute atomic E-state index is 6.30. The Balaban J connectivity index is 0.000000195. The molecule has 0 aliphatic rings. The van der Waals surface area contributed by atoms with Gasteiger partial charge in [-0.15, -0.1) is 0 Å². The number of hydrogen-bond donors (Lipinski definition) is 0. The summed E-state index contributed by atoms with van der Waals surface area (Å²) in [6.45, 7) is 3.99. The van der Waals surface area contributed by atoms with Gasteiger partial charge in [0, 0.05) is 17.7 Å². The fourth-order valence-corrected chi connectivity index (χ4v) is 3.91. The molecule has 0 radical (unpaired) electrons. The first-order valence-electron chi connectivity index (χ1n) is 11.2. The number of methoxy groups -OCH3 is 2. The fraction of sp³-hybridized carbons (Fsp3) is 0.185. The van der Waals surface area contributed by atoms with Gasteiger partial charge in [-0.05, 0) is 62.4 Å². The van der Waals surface area contributed by atoms with Crippen LogP contribution in [0.15, 0.2) is 60.7 Å². The molecule has 37 heavy (non-hydrogen) atoms. The number of nitrogens with zero attached hydrogens (tertiary/aromatic N) is 4. The lowest BCUT2D eigenvalue weighted by Gasteiger charge is -2.11. The van der Waals surface area contributed by atoms with Gasteiger partial charge in [-0.25, -0.2) is 19.9 Å². The van der Waals surface area contributed by atoms with Crippen molar-refractivity contribution in [2.24, 2.45) is 0 Å². The zero-order valence-electron chi connectivity index (χ0n) is 20.5. The van der Waals surface area contributed by atoms with Crippen LogP contribution in [0.3, 0.4) is 0 Å². The van der Waals surface area contributed by atoms with E-state index in [-0.39, 0.29) is 16.4 Å². The lowest BCUT2D eigenvalue weighted by atomic mass is 10.1. The molecule has 0 aliphatic carbocycles. The predicted molar refractivity (Wildman–Crippen MR) is 148 cm³/mol. The summed E-state index contributed by atoms with van der Waals surface area (Å²) in [6.07, 6.45) is 0.136. The van der Waals surface area contributed by atoms with Crippen molar-refractivity contribution in [3.05, 3.63) is 76.1 Å². The second-order valence-corrected chi connectivity index (χ2v) is 9.14. The van der Waals surface area contributed by atoms with Crippen molar-refractivity contribution in [2.45, 2.75) is 20.0 Å². The van der Waals surface area contributed by atoms with Crippen LogP contribution in [0.1, 0.15) is 13.8 Å². The highest BCUT2D eigenvalue weighted by atomic mass is 35.5. The maximum Gasteiger partial charge on any atom is 0.167 e. The SMILES string of the molecule is COc1ccc2nc(Cl)c(-c3ccc(OC(C)C)cc3)nc2c1.COc1ccc2nc(Cl)c(Cl)nc2c1. The Hall–Kier alpha value is -3.39. The van der Waals surface area contributed by atoms with Crippen molar-refractivity contribution in [3.63, 3.8) is 0 Å². The molecule has 0 aliphatic heterocycles. The van der Waals surface area contributed by atoms with E-state index >= 15 is 0 Å². The maximum atomic E-state index is 6.30. The highest BCUT2D eigenvalue weighted by Crippen LogP contribution is 2.29. The molecule has 5 aromatic rings. The van der Waals surface area contributed by atoms with E-state index in [4.69, 9.17) is 49.0 Å². The van der Waals surface area contributed by atoms with Crippen molar-refractivity contribution in [1.29, 1.82) is 0 Å². The van der Waals surface area contributed by atoms with Gasteiger partial charge in [0.1, 0.15) is 22.9 Å². The minimum Gasteiger partial charge on any atom is -0.497 e. The molecule has 10 heteroatoms. The Morgan fingerprint density at radius 3 is 1.54 bits per heavy atom. The van der Waals surface area contributed by atoms with Crippen LogP contribution in [0.5, 0.6) is 17.2 Å². The summed E-state index contributed by atoms with van der Waals surface area (Å²) in [5, 5.41) is 0.789. The Kier molecular flexibility index (Phi) is 8.48. The third-order valence-electron chi connectivity index (χ3n) is 5.12. The van der Waals surface area contributed by atoms with Crippen LogP contribution in [-0.2, 0) is 0 Å². The van der Waals surface area contributed by atoms with Gasteiger partial charge in [-0.2, -0.15) is 0 Å². The van der Waals surface area contributed by atoms with Crippen LogP contribution < -0.4 is 14.2 Å². The molecule has 7 nitrogen and oxygen atoms in total. The van der Waals surface area contributed by atoms with Crippen LogP contribution in [0, 0.1) is 0 Å². The summed E-state index contributed by atoms with van der Waals surface area (Å²) in [5.74, 6) is 2.27. The average molecular weight is 558 g/mol. The number of hydrogen-bond acceptors (Lipinski definition) is 7. The van der Waals surface area contributed by atoms with Gasteiger partial charge in [0.15, 0.2) is 15.5 Å². The molecule has 2 heterocycles.